The molecule has 0 radical (unpaired) electrons. The van der Waals surface area contributed by atoms with E-state index in [0.29, 0.717) is 0 Å². The number of nitrogens with one attached hydrogen (secondary N) is 1. The van der Waals surface area contributed by atoms with E-state index in [2.05, 4.69) is 35.9 Å². The Morgan fingerprint density at radius 2 is 1.67 bits per heavy atom. The Balaban J connectivity index is 1.52. The van der Waals surface area contributed by atoms with E-state index in [-0.39, 0.29) is 0 Å². The van der Waals surface area contributed by atoms with Crippen molar-refractivity contribution in [2.75, 3.05) is 31.1 Å². The van der Waals surface area contributed by atoms with Crippen molar-refractivity contribution in [3.63, 3.8) is 0 Å². The number of piperazine rings is 1. The first-order valence-corrected chi connectivity index (χ1v) is 10.3. The molecule has 5 rings (SSSR count). The number of anilines is 1. The van der Waals surface area contributed by atoms with Crippen LogP contribution in [0, 0.1) is 20.8 Å². The molecule has 1 saturated heterocycles. The number of quaternary nitrogens is 1. The lowest BCUT2D eigenvalue weighted by Gasteiger charge is -2.36. The highest BCUT2D eigenvalue weighted by molar-refractivity contribution is 5.93. The van der Waals surface area contributed by atoms with E-state index < -0.39 is 0 Å². The van der Waals surface area contributed by atoms with Gasteiger partial charge in [-0.3, -0.25) is 0 Å². The molecule has 6 nitrogen and oxygen atoms in total. The Morgan fingerprint density at radius 3 is 2.41 bits per heavy atom. The molecule has 0 bridgehead atoms. The highest BCUT2D eigenvalue weighted by atomic mass is 15.4. The average Bonchev–Trinajstić information content (AvgIpc) is 3.29. The molecule has 3 aromatic heterocycles. The van der Waals surface area contributed by atoms with Crippen molar-refractivity contribution >= 4 is 22.5 Å². The molecule has 6 heteroatoms. The third kappa shape index (κ3) is 2.87. The van der Waals surface area contributed by atoms with Crippen molar-refractivity contribution in [1.82, 2.24) is 19.6 Å². The second-order valence-electron chi connectivity index (χ2n) is 8.40. The third-order valence-electron chi connectivity index (χ3n) is 6.44. The molecule has 2 aliphatic rings. The van der Waals surface area contributed by atoms with E-state index in [4.69, 9.17) is 10.1 Å². The Kier molecular flexibility index (Phi) is 4.04. The summed E-state index contributed by atoms with van der Waals surface area (Å²) in [5.41, 5.74) is 5.00. The fourth-order valence-corrected chi connectivity index (χ4v) is 5.11. The van der Waals surface area contributed by atoms with Crippen LogP contribution in [0.1, 0.15) is 42.6 Å². The van der Waals surface area contributed by atoms with Gasteiger partial charge in [0.25, 0.3) is 0 Å². The lowest BCUT2D eigenvalue weighted by Crippen LogP contribution is -3.18. The molecule has 1 aliphatic heterocycles. The Labute approximate surface area is 160 Å². The first kappa shape index (κ1) is 16.9. The van der Waals surface area contributed by atoms with Crippen LogP contribution in [-0.2, 0) is 0 Å². The lowest BCUT2D eigenvalue weighted by atomic mass is 10.1. The van der Waals surface area contributed by atoms with E-state index >= 15 is 0 Å². The van der Waals surface area contributed by atoms with Gasteiger partial charge in [0.15, 0.2) is 11.3 Å². The van der Waals surface area contributed by atoms with Crippen LogP contribution in [0.15, 0.2) is 12.1 Å². The largest absolute Gasteiger partial charge is 0.345 e. The number of rotatable bonds is 2. The van der Waals surface area contributed by atoms with E-state index in [1.165, 1.54) is 44.3 Å². The summed E-state index contributed by atoms with van der Waals surface area (Å²) in [5.74, 6) is 1.16. The fraction of sp³-hybridized carbons (Fsp3) is 0.571. The Bertz CT molecular complexity index is 993. The summed E-state index contributed by atoms with van der Waals surface area (Å²) >= 11 is 0. The topological polar surface area (TPSA) is 50.8 Å². The van der Waals surface area contributed by atoms with Gasteiger partial charge in [-0.25, -0.2) is 9.97 Å². The predicted octanol–water partition coefficient (Wildman–Crippen LogP) is 1.85. The molecule has 0 spiro atoms. The van der Waals surface area contributed by atoms with Gasteiger partial charge in [0.2, 0.25) is 0 Å². The highest BCUT2D eigenvalue weighted by Gasteiger charge is 2.30. The maximum atomic E-state index is 4.84. The van der Waals surface area contributed by atoms with Crippen molar-refractivity contribution < 1.29 is 4.90 Å². The van der Waals surface area contributed by atoms with Crippen molar-refractivity contribution in [3.8, 4) is 0 Å². The van der Waals surface area contributed by atoms with Crippen LogP contribution in [0.5, 0.6) is 0 Å². The summed E-state index contributed by atoms with van der Waals surface area (Å²) in [5, 5.41) is 5.93. The van der Waals surface area contributed by atoms with Crippen molar-refractivity contribution in [1.29, 1.82) is 0 Å². The normalized spacial score (nSPS) is 19.6. The molecule has 0 aromatic carbocycles. The maximum Gasteiger partial charge on any atom is 0.184 e. The summed E-state index contributed by atoms with van der Waals surface area (Å²) in [4.78, 5) is 13.8. The van der Waals surface area contributed by atoms with Gasteiger partial charge in [-0.05, 0) is 58.1 Å². The molecule has 142 valence electrons. The molecule has 0 atom stereocenters. The standard InChI is InChI=1S/C21H28N6/c1-14-12-15(2)22-20-19(14)21-23-16(3)13-18(27(21)24-20)26-10-8-25(9-11-26)17-6-4-5-7-17/h12-13,17H,4-11H2,1-3H3/p+1. The maximum absolute atomic E-state index is 4.84. The fourth-order valence-electron chi connectivity index (χ4n) is 5.11. The molecule has 2 fully saturated rings. The van der Waals surface area contributed by atoms with Gasteiger partial charge in [0.05, 0.1) is 37.6 Å². The quantitative estimate of drug-likeness (QED) is 0.753. The number of pyridine rings is 1. The molecular formula is C21H29N6+. The Morgan fingerprint density at radius 1 is 0.963 bits per heavy atom. The minimum absolute atomic E-state index is 0.807. The van der Waals surface area contributed by atoms with Gasteiger partial charge in [-0.2, -0.15) is 4.52 Å². The van der Waals surface area contributed by atoms with Crippen LogP contribution in [-0.4, -0.2) is 51.8 Å². The summed E-state index contributed by atoms with van der Waals surface area (Å²) in [6.45, 7) is 10.9. The minimum Gasteiger partial charge on any atom is -0.345 e. The number of hydrogen-bond acceptors (Lipinski definition) is 4. The SMILES string of the molecule is Cc1cc(C)c2c(n1)nn1c(N3CC[NH+](C4CCCC4)CC3)cc(C)nc21. The van der Waals surface area contributed by atoms with Crippen LogP contribution in [0.3, 0.4) is 0 Å². The summed E-state index contributed by atoms with van der Waals surface area (Å²) < 4.78 is 2.03. The van der Waals surface area contributed by atoms with Crippen LogP contribution in [0.4, 0.5) is 5.82 Å². The molecule has 27 heavy (non-hydrogen) atoms. The van der Waals surface area contributed by atoms with Gasteiger partial charge < -0.3 is 9.80 Å². The second-order valence-corrected chi connectivity index (χ2v) is 8.40. The van der Waals surface area contributed by atoms with Gasteiger partial charge in [0.1, 0.15) is 5.82 Å². The van der Waals surface area contributed by atoms with Gasteiger partial charge in [0, 0.05) is 17.5 Å². The molecule has 3 aromatic rings. The summed E-state index contributed by atoms with van der Waals surface area (Å²) in [7, 11) is 0. The molecular weight excluding hydrogens is 336 g/mol. The average molecular weight is 366 g/mol. The van der Waals surface area contributed by atoms with Crippen LogP contribution < -0.4 is 9.80 Å². The summed E-state index contributed by atoms with van der Waals surface area (Å²) in [6.07, 6.45) is 5.69. The molecule has 1 N–H and O–H groups in total. The zero-order valence-electron chi connectivity index (χ0n) is 16.6. The van der Waals surface area contributed by atoms with Crippen LogP contribution in [0.2, 0.25) is 0 Å². The number of fused-ring (bicyclic) bond motifs is 3. The van der Waals surface area contributed by atoms with Crippen molar-refractivity contribution in [2.24, 2.45) is 0 Å². The zero-order chi connectivity index (χ0) is 18.5. The number of aromatic nitrogens is 4. The smallest absolute Gasteiger partial charge is 0.184 e. The van der Waals surface area contributed by atoms with Gasteiger partial charge in [-0.15, -0.1) is 5.10 Å². The molecule has 4 heterocycles. The monoisotopic (exact) mass is 365 g/mol. The lowest BCUT2D eigenvalue weighted by molar-refractivity contribution is -0.925. The van der Waals surface area contributed by atoms with E-state index in [0.717, 1.165) is 53.0 Å². The van der Waals surface area contributed by atoms with Crippen LogP contribution >= 0.6 is 0 Å². The van der Waals surface area contributed by atoms with E-state index in [9.17, 15) is 0 Å². The number of nitrogens with zero attached hydrogens (tertiary/aromatic N) is 5. The molecule has 0 unspecified atom stereocenters. The second kappa shape index (κ2) is 6.44. The first-order chi connectivity index (χ1) is 13.1. The van der Waals surface area contributed by atoms with E-state index in [1.807, 2.05) is 16.3 Å². The molecule has 0 amide bonds. The first-order valence-electron chi connectivity index (χ1n) is 10.3. The number of aryl methyl sites for hydroxylation is 3. The van der Waals surface area contributed by atoms with Gasteiger partial charge >= 0.3 is 0 Å². The van der Waals surface area contributed by atoms with E-state index in [1.54, 1.807) is 0 Å². The van der Waals surface area contributed by atoms with Crippen molar-refractivity contribution in [2.45, 2.75) is 52.5 Å². The molecule has 1 saturated carbocycles. The predicted molar refractivity (Wildman–Crippen MR) is 108 cm³/mol. The highest BCUT2D eigenvalue weighted by Crippen LogP contribution is 2.26. The summed E-state index contributed by atoms with van der Waals surface area (Å²) in [6, 6.07) is 5.20. The zero-order valence-corrected chi connectivity index (χ0v) is 16.6. The van der Waals surface area contributed by atoms with Gasteiger partial charge in [-0.1, -0.05) is 0 Å². The van der Waals surface area contributed by atoms with Crippen LogP contribution in [0.25, 0.3) is 16.7 Å². The number of hydrogen-bond donors (Lipinski definition) is 1. The molecule has 1 aliphatic carbocycles. The van der Waals surface area contributed by atoms with Crippen molar-refractivity contribution in [3.05, 3.63) is 29.1 Å². The Hall–Kier alpha value is -2.21. The third-order valence-corrected chi connectivity index (χ3v) is 6.44. The minimum atomic E-state index is 0.807.